The lowest BCUT2D eigenvalue weighted by Crippen LogP contribution is -2.33. The molecule has 1 amide bonds. The highest BCUT2D eigenvalue weighted by atomic mass is 16.2. The molecule has 0 bridgehead atoms. The number of nitrogens with zero attached hydrogens (tertiary/aromatic N) is 2. The summed E-state index contributed by atoms with van der Waals surface area (Å²) in [6, 6.07) is 27.4. The number of rotatable bonds is 4. The van der Waals surface area contributed by atoms with E-state index in [4.69, 9.17) is 0 Å². The van der Waals surface area contributed by atoms with Crippen molar-refractivity contribution < 1.29 is 9.59 Å². The van der Waals surface area contributed by atoms with Gasteiger partial charge in [-0.15, -0.1) is 0 Å². The van der Waals surface area contributed by atoms with E-state index in [0.29, 0.717) is 17.0 Å². The molecule has 1 aliphatic rings. The van der Waals surface area contributed by atoms with Crippen molar-refractivity contribution in [1.82, 2.24) is 0 Å². The summed E-state index contributed by atoms with van der Waals surface area (Å²) in [5.74, 6) is -1.51. The molecule has 0 radical (unpaired) electrons. The van der Waals surface area contributed by atoms with Gasteiger partial charge in [-0.05, 0) is 17.7 Å². The van der Waals surface area contributed by atoms with Crippen LogP contribution >= 0.6 is 0 Å². The molecule has 1 heterocycles. The Bertz CT molecular complexity index is 967. The minimum Gasteiger partial charge on any atom is -0.293 e. The van der Waals surface area contributed by atoms with Crippen LogP contribution in [0.4, 0.5) is 5.69 Å². The molecule has 0 aliphatic carbocycles. The van der Waals surface area contributed by atoms with E-state index in [1.54, 1.807) is 36.4 Å². The first-order valence-electron chi connectivity index (χ1n) is 8.38. The summed E-state index contributed by atoms with van der Waals surface area (Å²) in [5.41, 5.74) is 2.40. The van der Waals surface area contributed by atoms with Crippen molar-refractivity contribution in [2.45, 2.75) is 0 Å². The second kappa shape index (κ2) is 6.76. The molecule has 1 unspecified atom stereocenters. The van der Waals surface area contributed by atoms with Gasteiger partial charge in [-0.25, -0.2) is 0 Å². The highest BCUT2D eigenvalue weighted by molar-refractivity contribution is 6.34. The zero-order valence-corrected chi connectivity index (χ0v) is 13.9. The van der Waals surface area contributed by atoms with Gasteiger partial charge in [0, 0.05) is 5.56 Å². The number of carbonyl (C=O) groups is 2. The van der Waals surface area contributed by atoms with Crippen molar-refractivity contribution in [3.63, 3.8) is 0 Å². The van der Waals surface area contributed by atoms with Gasteiger partial charge in [-0.1, -0.05) is 78.9 Å². The van der Waals surface area contributed by atoms with Crippen LogP contribution in [0.3, 0.4) is 0 Å². The number of benzene rings is 3. The first kappa shape index (κ1) is 16.0. The lowest BCUT2D eigenvalue weighted by atomic mass is 9.89. The van der Waals surface area contributed by atoms with Crippen molar-refractivity contribution in [1.29, 1.82) is 0 Å². The highest BCUT2D eigenvalue weighted by Gasteiger charge is 2.42. The molecule has 26 heavy (non-hydrogen) atoms. The van der Waals surface area contributed by atoms with Crippen molar-refractivity contribution in [2.75, 3.05) is 5.01 Å². The van der Waals surface area contributed by atoms with Crippen LogP contribution in [0.1, 0.15) is 15.9 Å². The maximum absolute atomic E-state index is 13.1. The van der Waals surface area contributed by atoms with Crippen molar-refractivity contribution in [3.05, 3.63) is 102 Å². The third-order valence-corrected chi connectivity index (χ3v) is 4.33. The van der Waals surface area contributed by atoms with Crippen LogP contribution in [-0.2, 0) is 4.79 Å². The van der Waals surface area contributed by atoms with E-state index in [0.717, 1.165) is 5.56 Å². The molecule has 1 atom stereocenters. The molecule has 4 heteroatoms. The van der Waals surface area contributed by atoms with E-state index in [9.17, 15) is 9.59 Å². The number of hydrogen-bond donors (Lipinski definition) is 0. The second-order valence-electron chi connectivity index (χ2n) is 6.00. The number of hydrogen-bond acceptors (Lipinski definition) is 3. The van der Waals surface area contributed by atoms with Gasteiger partial charge in [0.1, 0.15) is 5.92 Å². The van der Waals surface area contributed by atoms with Crippen LogP contribution in [-0.4, -0.2) is 17.4 Å². The van der Waals surface area contributed by atoms with E-state index in [1.165, 1.54) is 5.01 Å². The minimum atomic E-state index is -0.944. The molecular formula is C22H16N2O2. The van der Waals surface area contributed by atoms with Crippen LogP contribution in [0.5, 0.6) is 0 Å². The number of anilines is 1. The van der Waals surface area contributed by atoms with Crippen LogP contribution in [0.15, 0.2) is 96.1 Å². The molecule has 0 fully saturated rings. The Balaban J connectivity index is 1.80. The van der Waals surface area contributed by atoms with E-state index in [1.807, 2.05) is 54.6 Å². The van der Waals surface area contributed by atoms with Gasteiger partial charge in [0.2, 0.25) is 0 Å². The smallest absolute Gasteiger partial charge is 0.264 e. The molecule has 0 saturated heterocycles. The van der Waals surface area contributed by atoms with Crippen molar-refractivity contribution >= 4 is 23.1 Å². The molecule has 4 rings (SSSR count). The first-order chi connectivity index (χ1) is 12.8. The van der Waals surface area contributed by atoms with Gasteiger partial charge in [0.15, 0.2) is 5.78 Å². The van der Waals surface area contributed by atoms with E-state index < -0.39 is 5.92 Å². The molecular weight excluding hydrogens is 324 g/mol. The summed E-state index contributed by atoms with van der Waals surface area (Å²) in [6.07, 6.45) is 0. The van der Waals surface area contributed by atoms with E-state index in [2.05, 4.69) is 5.10 Å². The molecule has 0 saturated carbocycles. The summed E-state index contributed by atoms with van der Waals surface area (Å²) in [5, 5.41) is 5.84. The summed E-state index contributed by atoms with van der Waals surface area (Å²) in [6.45, 7) is 0. The number of para-hydroxylation sites is 1. The van der Waals surface area contributed by atoms with Crippen LogP contribution in [0.25, 0.3) is 0 Å². The first-order valence-corrected chi connectivity index (χ1v) is 8.38. The Labute approximate surface area is 151 Å². The standard InChI is InChI=1S/C22H16N2O2/c25-21(17-12-6-2-7-13-17)19-20(16-10-4-1-5-11-16)23-24(22(19)26)18-14-8-3-9-15-18/h1-15,19H. The molecule has 0 N–H and O–H groups in total. The lowest BCUT2D eigenvalue weighted by molar-refractivity contribution is -0.118. The molecule has 1 aliphatic heterocycles. The average molecular weight is 340 g/mol. The zero-order chi connectivity index (χ0) is 17.9. The quantitative estimate of drug-likeness (QED) is 0.534. The SMILES string of the molecule is O=C(c1ccccc1)C1C(=O)N(c2ccccc2)N=C1c1ccccc1. The maximum atomic E-state index is 13.1. The summed E-state index contributed by atoms with van der Waals surface area (Å²) < 4.78 is 0. The number of hydrazone groups is 1. The van der Waals surface area contributed by atoms with Crippen molar-refractivity contribution in [2.24, 2.45) is 11.0 Å². The fourth-order valence-corrected chi connectivity index (χ4v) is 3.05. The summed E-state index contributed by atoms with van der Waals surface area (Å²) in [7, 11) is 0. The molecule has 126 valence electrons. The Morgan fingerprint density at radius 2 is 1.31 bits per heavy atom. The van der Waals surface area contributed by atoms with Crippen LogP contribution < -0.4 is 5.01 Å². The largest absolute Gasteiger partial charge is 0.293 e. The molecule has 3 aromatic carbocycles. The monoisotopic (exact) mass is 340 g/mol. The highest BCUT2D eigenvalue weighted by Crippen LogP contribution is 2.28. The topological polar surface area (TPSA) is 49.7 Å². The molecule has 0 spiro atoms. The number of ketones is 1. The van der Waals surface area contributed by atoms with Crippen LogP contribution in [0.2, 0.25) is 0 Å². The average Bonchev–Trinajstić information content (AvgIpc) is 3.06. The van der Waals surface area contributed by atoms with Gasteiger partial charge < -0.3 is 0 Å². The Kier molecular flexibility index (Phi) is 4.15. The van der Waals surface area contributed by atoms with Crippen molar-refractivity contribution in [3.8, 4) is 0 Å². The lowest BCUT2D eigenvalue weighted by Gasteiger charge is -2.14. The predicted molar refractivity (Wildman–Crippen MR) is 101 cm³/mol. The predicted octanol–water partition coefficient (Wildman–Crippen LogP) is 3.94. The summed E-state index contributed by atoms with van der Waals surface area (Å²) >= 11 is 0. The molecule has 4 nitrogen and oxygen atoms in total. The van der Waals surface area contributed by atoms with Gasteiger partial charge >= 0.3 is 0 Å². The Morgan fingerprint density at radius 3 is 1.92 bits per heavy atom. The molecule has 3 aromatic rings. The zero-order valence-electron chi connectivity index (χ0n) is 13.9. The minimum absolute atomic E-state index is 0.239. The number of carbonyl (C=O) groups excluding carboxylic acids is 2. The third-order valence-electron chi connectivity index (χ3n) is 4.33. The van der Waals surface area contributed by atoms with Crippen LogP contribution in [0, 0.1) is 5.92 Å². The third kappa shape index (κ3) is 2.82. The number of amides is 1. The number of Topliss-reactive ketones (excluding diaryl/α,β-unsaturated/α-hetero) is 1. The fraction of sp³-hybridized carbons (Fsp3) is 0.0455. The van der Waals surface area contributed by atoms with E-state index in [-0.39, 0.29) is 11.7 Å². The normalized spacial score (nSPS) is 16.5. The molecule has 0 aromatic heterocycles. The Morgan fingerprint density at radius 1 is 0.769 bits per heavy atom. The fourth-order valence-electron chi connectivity index (χ4n) is 3.05. The maximum Gasteiger partial charge on any atom is 0.264 e. The van der Waals surface area contributed by atoms with Gasteiger partial charge in [0.25, 0.3) is 5.91 Å². The van der Waals surface area contributed by atoms with Gasteiger partial charge in [0.05, 0.1) is 11.4 Å². The van der Waals surface area contributed by atoms with Gasteiger partial charge in [-0.2, -0.15) is 10.1 Å². The van der Waals surface area contributed by atoms with E-state index >= 15 is 0 Å². The summed E-state index contributed by atoms with van der Waals surface area (Å²) in [4.78, 5) is 26.2. The Hall–Kier alpha value is -3.53. The van der Waals surface area contributed by atoms with Gasteiger partial charge in [-0.3, -0.25) is 9.59 Å². The second-order valence-corrected chi connectivity index (χ2v) is 6.00.